The Morgan fingerprint density at radius 1 is 1.26 bits per heavy atom. The maximum atomic E-state index is 13.6. The number of aromatic hydroxyl groups is 1. The number of halogens is 1. The van der Waals surface area contributed by atoms with Gasteiger partial charge in [0.25, 0.3) is 0 Å². The fourth-order valence-corrected chi connectivity index (χ4v) is 2.17. The van der Waals surface area contributed by atoms with Crippen LogP contribution in [0.2, 0.25) is 0 Å². The molecule has 0 fully saturated rings. The fourth-order valence-electron chi connectivity index (χ4n) is 2.17. The molecule has 3 N–H and O–H groups in total. The van der Waals surface area contributed by atoms with Crippen LogP contribution < -0.4 is 5.32 Å². The number of carbonyl (C=O) groups is 2. The van der Waals surface area contributed by atoms with Gasteiger partial charge in [-0.3, -0.25) is 5.32 Å². The molecule has 0 aliphatic rings. The van der Waals surface area contributed by atoms with E-state index in [1.807, 2.05) is 6.07 Å². The summed E-state index contributed by atoms with van der Waals surface area (Å²) in [6.07, 6.45) is 0.311. The Morgan fingerprint density at radius 3 is 2.56 bits per heavy atom. The number of carbonyl (C=O) groups excluding carboxylic acids is 1. The minimum atomic E-state index is -1.17. The number of nitrogens with one attached hydrogen (secondary N) is 1. The lowest BCUT2D eigenvalue weighted by molar-refractivity contribution is -0.131. The van der Waals surface area contributed by atoms with Crippen molar-refractivity contribution in [2.75, 3.05) is 5.32 Å². The zero-order chi connectivity index (χ0) is 19.8. The van der Waals surface area contributed by atoms with Gasteiger partial charge in [0.15, 0.2) is 11.6 Å². The first kappa shape index (κ1) is 19.5. The number of hydrogen-bond acceptors (Lipinski definition) is 5. The summed E-state index contributed by atoms with van der Waals surface area (Å²) in [5.41, 5.74) is 1.05. The largest absolute Gasteiger partial charge is 0.505 e. The summed E-state index contributed by atoms with van der Waals surface area (Å²) in [4.78, 5) is 22.7. The predicted molar refractivity (Wildman–Crippen MR) is 93.5 cm³/mol. The maximum absolute atomic E-state index is 13.6. The molecule has 138 valence electrons. The molecule has 27 heavy (non-hydrogen) atoms. The van der Waals surface area contributed by atoms with Gasteiger partial charge >= 0.3 is 12.1 Å². The van der Waals surface area contributed by atoms with Gasteiger partial charge in [0.1, 0.15) is 6.10 Å². The molecule has 7 nitrogen and oxygen atoms in total. The molecule has 0 aliphatic heterocycles. The lowest BCUT2D eigenvalue weighted by Crippen LogP contribution is -2.17. The van der Waals surface area contributed by atoms with E-state index in [0.29, 0.717) is 11.3 Å². The molecular weight excluding hydrogens is 355 g/mol. The monoisotopic (exact) mass is 370 g/mol. The van der Waals surface area contributed by atoms with E-state index in [1.165, 1.54) is 36.4 Å². The van der Waals surface area contributed by atoms with Crippen molar-refractivity contribution in [1.82, 2.24) is 0 Å². The number of amides is 1. The topological polar surface area (TPSA) is 120 Å². The number of phenols is 1. The third-order valence-corrected chi connectivity index (χ3v) is 3.46. The number of ether oxygens (including phenoxy) is 1. The molecule has 2 rings (SSSR count). The van der Waals surface area contributed by atoms with Crippen LogP contribution in [0, 0.1) is 17.1 Å². The molecule has 0 aromatic heterocycles. The molecule has 0 radical (unpaired) electrons. The van der Waals surface area contributed by atoms with Crippen molar-refractivity contribution < 1.29 is 28.9 Å². The summed E-state index contributed by atoms with van der Waals surface area (Å²) in [5.74, 6) is -2.62. The Labute approximate surface area is 153 Å². The van der Waals surface area contributed by atoms with Crippen LogP contribution in [-0.4, -0.2) is 22.3 Å². The number of phenolic OH excluding ortho intramolecular Hbond substituents is 1. The molecule has 0 spiro atoms. The number of carboxylic acids is 1. The molecule has 1 atom stereocenters. The molecule has 2 aromatic carbocycles. The normalized spacial score (nSPS) is 11.6. The van der Waals surface area contributed by atoms with Crippen LogP contribution in [0.1, 0.15) is 23.7 Å². The SMILES string of the molecule is N#Cc1ccc(NC(=O)O[C@@H](C/C=C/C(=O)O)c2ccc(O)c(F)c2)cc1. The van der Waals surface area contributed by atoms with Gasteiger partial charge in [0.2, 0.25) is 0 Å². The van der Waals surface area contributed by atoms with E-state index >= 15 is 0 Å². The van der Waals surface area contributed by atoms with Crippen LogP contribution in [0.5, 0.6) is 5.75 Å². The second-order valence-electron chi connectivity index (χ2n) is 5.40. The molecule has 0 unspecified atom stereocenters. The summed E-state index contributed by atoms with van der Waals surface area (Å²) < 4.78 is 18.9. The van der Waals surface area contributed by atoms with Crippen LogP contribution in [0.4, 0.5) is 14.9 Å². The summed E-state index contributed by atoms with van der Waals surface area (Å²) in [7, 11) is 0. The lowest BCUT2D eigenvalue weighted by Gasteiger charge is -2.17. The summed E-state index contributed by atoms with van der Waals surface area (Å²) >= 11 is 0. The standard InChI is InChI=1S/C19H15FN2O5/c20-15-10-13(6-9-16(15)23)17(2-1-3-18(24)25)27-19(26)22-14-7-4-12(11-21)5-8-14/h1,3-10,17,23H,2H2,(H,22,26)(H,24,25)/b3-1+/t17-/m0/s1. The highest BCUT2D eigenvalue weighted by Gasteiger charge is 2.18. The molecular formula is C19H15FN2O5. The van der Waals surface area contributed by atoms with E-state index in [1.54, 1.807) is 0 Å². The average molecular weight is 370 g/mol. The van der Waals surface area contributed by atoms with Crippen molar-refractivity contribution >= 4 is 17.7 Å². The van der Waals surface area contributed by atoms with Crippen molar-refractivity contribution in [1.29, 1.82) is 5.26 Å². The fraction of sp³-hybridized carbons (Fsp3) is 0.105. The number of anilines is 1. The van der Waals surface area contributed by atoms with Gasteiger partial charge in [0.05, 0.1) is 11.6 Å². The Morgan fingerprint density at radius 2 is 1.96 bits per heavy atom. The number of nitrogens with zero attached hydrogens (tertiary/aromatic N) is 1. The number of carboxylic acid groups (broad SMARTS) is 1. The molecule has 0 aliphatic carbocycles. The third kappa shape index (κ3) is 5.86. The minimum absolute atomic E-state index is 0.0166. The number of hydrogen-bond donors (Lipinski definition) is 3. The quantitative estimate of drug-likeness (QED) is 0.667. The number of nitriles is 1. The zero-order valence-electron chi connectivity index (χ0n) is 13.9. The van der Waals surface area contributed by atoms with Crippen molar-refractivity contribution in [3.63, 3.8) is 0 Å². The molecule has 0 bridgehead atoms. The molecule has 2 aromatic rings. The highest BCUT2D eigenvalue weighted by atomic mass is 19.1. The summed E-state index contributed by atoms with van der Waals surface area (Å²) in [6, 6.07) is 11.5. The predicted octanol–water partition coefficient (Wildman–Crippen LogP) is 3.72. The van der Waals surface area contributed by atoms with E-state index in [-0.39, 0.29) is 12.0 Å². The number of benzene rings is 2. The zero-order valence-corrected chi connectivity index (χ0v) is 13.9. The van der Waals surface area contributed by atoms with Gasteiger partial charge in [-0.1, -0.05) is 12.1 Å². The first-order chi connectivity index (χ1) is 12.9. The second kappa shape index (κ2) is 9.01. The average Bonchev–Trinajstić information content (AvgIpc) is 2.63. The van der Waals surface area contributed by atoms with Crippen LogP contribution in [0.25, 0.3) is 0 Å². The van der Waals surface area contributed by atoms with E-state index in [4.69, 9.17) is 15.1 Å². The molecule has 0 heterocycles. The van der Waals surface area contributed by atoms with Gasteiger partial charge in [0, 0.05) is 18.2 Å². The van der Waals surface area contributed by atoms with Crippen LogP contribution in [0.15, 0.2) is 54.6 Å². The van der Waals surface area contributed by atoms with Crippen molar-refractivity contribution in [2.45, 2.75) is 12.5 Å². The Hall–Kier alpha value is -3.86. The van der Waals surface area contributed by atoms with Gasteiger partial charge in [-0.15, -0.1) is 0 Å². The van der Waals surface area contributed by atoms with Gasteiger partial charge < -0.3 is 14.9 Å². The minimum Gasteiger partial charge on any atom is -0.505 e. The highest BCUT2D eigenvalue weighted by Crippen LogP contribution is 2.26. The van der Waals surface area contributed by atoms with Gasteiger partial charge in [-0.25, -0.2) is 14.0 Å². The van der Waals surface area contributed by atoms with E-state index < -0.39 is 29.7 Å². The lowest BCUT2D eigenvalue weighted by atomic mass is 10.1. The molecule has 0 saturated heterocycles. The van der Waals surface area contributed by atoms with Crippen LogP contribution >= 0.6 is 0 Å². The maximum Gasteiger partial charge on any atom is 0.412 e. The first-order valence-corrected chi connectivity index (χ1v) is 7.74. The summed E-state index contributed by atoms with van der Waals surface area (Å²) in [5, 5.41) is 29.2. The Balaban J connectivity index is 2.14. The van der Waals surface area contributed by atoms with Gasteiger partial charge in [-0.2, -0.15) is 5.26 Å². The highest BCUT2D eigenvalue weighted by molar-refractivity contribution is 5.84. The third-order valence-electron chi connectivity index (χ3n) is 3.46. The molecule has 1 amide bonds. The molecule has 0 saturated carbocycles. The first-order valence-electron chi connectivity index (χ1n) is 7.74. The van der Waals surface area contributed by atoms with Crippen molar-refractivity contribution in [3.05, 3.63) is 71.6 Å². The summed E-state index contributed by atoms with van der Waals surface area (Å²) in [6.45, 7) is 0. The smallest absolute Gasteiger partial charge is 0.412 e. The number of rotatable bonds is 6. The Bertz CT molecular complexity index is 903. The van der Waals surface area contributed by atoms with Crippen LogP contribution in [-0.2, 0) is 9.53 Å². The van der Waals surface area contributed by atoms with Crippen molar-refractivity contribution in [2.24, 2.45) is 0 Å². The number of aliphatic carboxylic acids is 1. The van der Waals surface area contributed by atoms with E-state index in [9.17, 15) is 19.1 Å². The van der Waals surface area contributed by atoms with Gasteiger partial charge in [-0.05, 0) is 42.0 Å². The van der Waals surface area contributed by atoms with Crippen LogP contribution in [0.3, 0.4) is 0 Å². The van der Waals surface area contributed by atoms with E-state index in [2.05, 4.69) is 5.32 Å². The van der Waals surface area contributed by atoms with Crippen molar-refractivity contribution in [3.8, 4) is 11.8 Å². The van der Waals surface area contributed by atoms with E-state index in [0.717, 1.165) is 18.2 Å². The second-order valence-corrected chi connectivity index (χ2v) is 5.40. The Kier molecular flexibility index (Phi) is 6.49. The molecule has 8 heteroatoms.